The van der Waals surface area contributed by atoms with Crippen LogP contribution >= 0.6 is 0 Å². The number of para-hydroxylation sites is 2. The minimum absolute atomic E-state index is 0.623. The highest BCUT2D eigenvalue weighted by molar-refractivity contribution is 7.19. The summed E-state index contributed by atoms with van der Waals surface area (Å²) in [5.74, 6) is 1.97. The van der Waals surface area contributed by atoms with E-state index >= 15 is 0 Å². The van der Waals surface area contributed by atoms with Crippen molar-refractivity contribution in [2.75, 3.05) is 0 Å². The van der Waals surface area contributed by atoms with Crippen molar-refractivity contribution in [1.29, 1.82) is 0 Å². The zero-order chi connectivity index (χ0) is 30.2. The maximum atomic E-state index is 5.14. The number of rotatable bonds is 6. The lowest BCUT2D eigenvalue weighted by molar-refractivity contribution is 0.907. The minimum Gasteiger partial charge on any atom is -0.278 e. The highest BCUT2D eigenvalue weighted by atomic mass is 28.3. The van der Waals surface area contributed by atoms with Gasteiger partial charge in [-0.2, -0.15) is 9.97 Å². The molecule has 6 aromatic carbocycles. The van der Waals surface area contributed by atoms with E-state index in [0.717, 1.165) is 16.6 Å². The van der Waals surface area contributed by atoms with Gasteiger partial charge in [-0.1, -0.05) is 152 Å². The number of benzene rings is 6. The predicted octanol–water partition coefficient (Wildman–Crippen LogP) is 6.32. The number of aryl methyl sites for hydroxylation is 1. The summed E-state index contributed by atoms with van der Waals surface area (Å²) in [6.45, 7) is 1.95. The van der Waals surface area contributed by atoms with Crippen molar-refractivity contribution < 1.29 is 0 Å². The number of aromatic nitrogens is 4. The molecule has 2 aromatic heterocycles. The molecule has 0 saturated heterocycles. The molecule has 5 heteroatoms. The van der Waals surface area contributed by atoms with Crippen molar-refractivity contribution in [3.8, 4) is 17.3 Å². The van der Waals surface area contributed by atoms with E-state index in [4.69, 9.17) is 15.0 Å². The second kappa shape index (κ2) is 11.1. The Morgan fingerprint density at radius 1 is 0.444 bits per heavy atom. The molecular weight excluding hydrogens is 565 g/mol. The Bertz CT molecular complexity index is 2130. The van der Waals surface area contributed by atoms with E-state index in [2.05, 4.69) is 168 Å². The molecule has 0 aliphatic rings. The van der Waals surface area contributed by atoms with Gasteiger partial charge < -0.3 is 0 Å². The smallest absolute Gasteiger partial charge is 0.238 e. The molecule has 0 aliphatic heterocycles. The summed E-state index contributed by atoms with van der Waals surface area (Å²) in [7, 11) is -2.69. The van der Waals surface area contributed by atoms with Crippen LogP contribution < -0.4 is 20.7 Å². The molecule has 8 aromatic rings. The number of hydrogen-bond acceptors (Lipinski definition) is 3. The maximum absolute atomic E-state index is 5.14. The monoisotopic (exact) mass is 594 g/mol. The Morgan fingerprint density at radius 2 is 0.911 bits per heavy atom. The molecule has 0 atom stereocenters. The van der Waals surface area contributed by atoms with Crippen LogP contribution in [0.4, 0.5) is 0 Å². The summed E-state index contributed by atoms with van der Waals surface area (Å²) in [5.41, 5.74) is 3.13. The highest BCUT2D eigenvalue weighted by Gasteiger charge is 2.41. The molecule has 0 saturated carbocycles. The van der Waals surface area contributed by atoms with Crippen LogP contribution in [0.5, 0.6) is 0 Å². The van der Waals surface area contributed by atoms with Crippen LogP contribution in [0.1, 0.15) is 5.82 Å². The van der Waals surface area contributed by atoms with Gasteiger partial charge >= 0.3 is 0 Å². The topological polar surface area (TPSA) is 43.6 Å². The molecule has 4 nitrogen and oxygen atoms in total. The van der Waals surface area contributed by atoms with Gasteiger partial charge in [-0.25, -0.2) is 4.98 Å². The fourth-order valence-electron chi connectivity index (χ4n) is 6.79. The van der Waals surface area contributed by atoms with Crippen LogP contribution in [-0.4, -0.2) is 27.6 Å². The average Bonchev–Trinajstić information content (AvgIpc) is 3.45. The lowest BCUT2D eigenvalue weighted by Crippen LogP contribution is -2.74. The van der Waals surface area contributed by atoms with Gasteiger partial charge in [-0.15, -0.1) is 0 Å². The van der Waals surface area contributed by atoms with Crippen LogP contribution in [-0.2, 0) is 0 Å². The van der Waals surface area contributed by atoms with E-state index in [-0.39, 0.29) is 0 Å². The van der Waals surface area contributed by atoms with Crippen LogP contribution in [0, 0.1) is 6.92 Å². The van der Waals surface area contributed by atoms with Crippen molar-refractivity contribution in [2.45, 2.75) is 6.92 Å². The molecule has 45 heavy (non-hydrogen) atoms. The molecule has 214 valence electrons. The predicted molar refractivity (Wildman–Crippen MR) is 188 cm³/mol. The molecule has 0 amide bonds. The molecule has 8 rings (SSSR count). The summed E-state index contributed by atoms with van der Waals surface area (Å²) in [6.07, 6.45) is 0. The van der Waals surface area contributed by atoms with Gasteiger partial charge in [0, 0.05) is 16.3 Å². The van der Waals surface area contributed by atoms with Gasteiger partial charge in [0.1, 0.15) is 5.82 Å². The van der Waals surface area contributed by atoms with E-state index in [1.165, 1.54) is 31.5 Å². The fourth-order valence-corrected chi connectivity index (χ4v) is 11.6. The van der Waals surface area contributed by atoms with Gasteiger partial charge in [0.2, 0.25) is 5.95 Å². The second-order valence-corrected chi connectivity index (χ2v) is 15.1. The maximum Gasteiger partial charge on any atom is 0.238 e. The zero-order valence-corrected chi connectivity index (χ0v) is 25.9. The van der Waals surface area contributed by atoms with Crippen LogP contribution in [0.15, 0.2) is 164 Å². The first-order valence-electron chi connectivity index (χ1n) is 15.2. The van der Waals surface area contributed by atoms with Crippen LogP contribution in [0.25, 0.3) is 39.1 Å². The quantitative estimate of drug-likeness (QED) is 0.167. The molecule has 0 unspecified atom stereocenters. The minimum atomic E-state index is -2.69. The standard InChI is InChI=1S/C40H30N4Si/c1-29-41-39(43-40(42-29)44-37-26-13-11-24-35(37)36-25-12-14-27-38(36)44)30-16-15-23-34(28-30)45(31-17-5-2-6-18-31,32-19-7-3-8-20-32)33-21-9-4-10-22-33/h2-28H,1H3. The van der Waals surface area contributed by atoms with Crippen LogP contribution in [0.2, 0.25) is 0 Å². The first kappa shape index (κ1) is 26.9. The van der Waals surface area contributed by atoms with E-state index < -0.39 is 8.07 Å². The van der Waals surface area contributed by atoms with Gasteiger partial charge in [-0.05, 0) is 39.8 Å². The largest absolute Gasteiger partial charge is 0.278 e. The van der Waals surface area contributed by atoms with Crippen LogP contribution in [0.3, 0.4) is 0 Å². The average molecular weight is 595 g/mol. The van der Waals surface area contributed by atoms with E-state index in [9.17, 15) is 0 Å². The Labute approximate surface area is 263 Å². The molecular formula is C40H30N4Si. The lowest BCUT2D eigenvalue weighted by atomic mass is 10.2. The molecule has 0 fully saturated rings. The number of nitrogens with zero attached hydrogens (tertiary/aromatic N) is 4. The molecule has 0 aliphatic carbocycles. The SMILES string of the molecule is Cc1nc(-c2cccc([Si](c3ccccc3)(c3ccccc3)c3ccccc3)c2)nc(-n2c3ccccc3c3ccccc32)n1. The molecule has 0 N–H and O–H groups in total. The van der Waals surface area contributed by atoms with Gasteiger partial charge in [0.05, 0.1) is 11.0 Å². The van der Waals surface area contributed by atoms with E-state index in [1.54, 1.807) is 0 Å². The van der Waals surface area contributed by atoms with Gasteiger partial charge in [0.15, 0.2) is 13.9 Å². The normalized spacial score (nSPS) is 11.7. The second-order valence-electron chi connectivity index (χ2n) is 11.3. The first-order valence-corrected chi connectivity index (χ1v) is 17.2. The number of fused-ring (bicyclic) bond motifs is 3. The van der Waals surface area contributed by atoms with Crippen molar-refractivity contribution in [3.05, 3.63) is 170 Å². The van der Waals surface area contributed by atoms with E-state index in [0.29, 0.717) is 17.6 Å². The molecule has 0 bridgehead atoms. The third-order valence-corrected chi connectivity index (χ3v) is 13.5. The Kier molecular flexibility index (Phi) is 6.66. The Morgan fingerprint density at radius 3 is 1.44 bits per heavy atom. The Balaban J connectivity index is 1.37. The van der Waals surface area contributed by atoms with Gasteiger partial charge in [-0.3, -0.25) is 4.57 Å². The van der Waals surface area contributed by atoms with Gasteiger partial charge in [0.25, 0.3) is 0 Å². The summed E-state index contributed by atoms with van der Waals surface area (Å²) < 4.78 is 2.16. The summed E-state index contributed by atoms with van der Waals surface area (Å²) in [4.78, 5) is 14.9. The summed E-state index contributed by atoms with van der Waals surface area (Å²) in [5, 5.41) is 7.63. The van der Waals surface area contributed by atoms with Crippen molar-refractivity contribution >= 4 is 50.6 Å². The first-order chi connectivity index (χ1) is 22.2. The number of hydrogen-bond donors (Lipinski definition) is 0. The van der Waals surface area contributed by atoms with E-state index in [1.807, 2.05) is 6.92 Å². The summed E-state index contributed by atoms with van der Waals surface area (Å²) in [6, 6.07) is 58.7. The Hall–Kier alpha value is -5.65. The lowest BCUT2D eigenvalue weighted by Gasteiger charge is -2.34. The third-order valence-electron chi connectivity index (χ3n) is 8.69. The third kappa shape index (κ3) is 4.48. The van der Waals surface area contributed by atoms with Crippen molar-refractivity contribution in [2.24, 2.45) is 0 Å². The summed E-state index contributed by atoms with van der Waals surface area (Å²) >= 11 is 0. The molecule has 2 heterocycles. The zero-order valence-electron chi connectivity index (χ0n) is 24.9. The highest BCUT2D eigenvalue weighted by Crippen LogP contribution is 2.31. The fraction of sp³-hybridized carbons (Fsp3) is 0.0250. The molecule has 0 radical (unpaired) electrons. The van der Waals surface area contributed by atoms with Crippen molar-refractivity contribution in [3.63, 3.8) is 0 Å². The van der Waals surface area contributed by atoms with Crippen molar-refractivity contribution in [1.82, 2.24) is 19.5 Å². The molecule has 0 spiro atoms.